The maximum absolute atomic E-state index is 12.7. The number of hydrogen-bond acceptors (Lipinski definition) is 5. The van der Waals surface area contributed by atoms with Crippen molar-refractivity contribution in [3.05, 3.63) is 83.3 Å². The van der Waals surface area contributed by atoms with E-state index in [1.54, 1.807) is 22.8 Å². The molecule has 27 heavy (non-hydrogen) atoms. The van der Waals surface area contributed by atoms with Crippen molar-refractivity contribution in [3.63, 3.8) is 0 Å². The number of amides is 1. The lowest BCUT2D eigenvalue weighted by molar-refractivity contribution is -0.111. The number of aromatic nitrogens is 3. The van der Waals surface area contributed by atoms with E-state index in [4.69, 9.17) is 0 Å². The van der Waals surface area contributed by atoms with E-state index >= 15 is 0 Å². The molecule has 3 heterocycles. The van der Waals surface area contributed by atoms with Crippen LogP contribution >= 0.6 is 11.3 Å². The Morgan fingerprint density at radius 1 is 1.19 bits per heavy atom. The summed E-state index contributed by atoms with van der Waals surface area (Å²) in [5, 5.41) is 8.97. The summed E-state index contributed by atoms with van der Waals surface area (Å²) in [6.45, 7) is 3.45. The molecule has 1 aromatic carbocycles. The standard InChI is InChI=1S/C20H14N4O2S/c1-2-18(25)23-14-6-3-5-13(11-14)16-8-9-21-20-15(12-22-24(16)20)19(26)17-7-4-10-27-17/h2-12H,1H2,(H,23,25). The summed E-state index contributed by atoms with van der Waals surface area (Å²) in [7, 11) is 0. The molecule has 0 spiro atoms. The van der Waals surface area contributed by atoms with E-state index < -0.39 is 0 Å². The van der Waals surface area contributed by atoms with Gasteiger partial charge < -0.3 is 5.32 Å². The number of rotatable bonds is 5. The van der Waals surface area contributed by atoms with Crippen molar-refractivity contribution in [2.75, 3.05) is 5.32 Å². The van der Waals surface area contributed by atoms with E-state index in [2.05, 4.69) is 22.0 Å². The normalized spacial score (nSPS) is 10.7. The highest BCUT2D eigenvalue weighted by Gasteiger charge is 2.18. The summed E-state index contributed by atoms with van der Waals surface area (Å²) >= 11 is 1.39. The molecule has 0 fully saturated rings. The smallest absolute Gasteiger partial charge is 0.247 e. The van der Waals surface area contributed by atoms with Gasteiger partial charge in [-0.25, -0.2) is 9.50 Å². The van der Waals surface area contributed by atoms with Gasteiger partial charge in [0.05, 0.1) is 22.3 Å². The molecule has 0 aliphatic rings. The number of hydrogen-bond donors (Lipinski definition) is 1. The Morgan fingerprint density at radius 3 is 2.85 bits per heavy atom. The molecule has 6 nitrogen and oxygen atoms in total. The topological polar surface area (TPSA) is 76.4 Å². The zero-order valence-corrected chi connectivity index (χ0v) is 14.9. The second kappa shape index (κ2) is 6.97. The fourth-order valence-electron chi connectivity index (χ4n) is 2.76. The monoisotopic (exact) mass is 374 g/mol. The molecule has 0 radical (unpaired) electrons. The first kappa shape index (κ1) is 16.9. The summed E-state index contributed by atoms with van der Waals surface area (Å²) in [6, 6.07) is 12.8. The molecule has 1 amide bonds. The lowest BCUT2D eigenvalue weighted by atomic mass is 10.1. The molecule has 1 N–H and O–H groups in total. The van der Waals surface area contributed by atoms with E-state index in [0.29, 0.717) is 21.8 Å². The van der Waals surface area contributed by atoms with Crippen LogP contribution in [0.1, 0.15) is 15.2 Å². The molecular weight excluding hydrogens is 360 g/mol. The first-order valence-electron chi connectivity index (χ1n) is 8.12. The number of carbonyl (C=O) groups excluding carboxylic acids is 2. The van der Waals surface area contributed by atoms with Gasteiger partial charge in [0.25, 0.3) is 0 Å². The molecule has 4 aromatic rings. The Hall–Kier alpha value is -3.58. The highest BCUT2D eigenvalue weighted by Crippen LogP contribution is 2.25. The number of thiophene rings is 1. The van der Waals surface area contributed by atoms with Gasteiger partial charge in [0.15, 0.2) is 5.65 Å². The number of ketones is 1. The van der Waals surface area contributed by atoms with Gasteiger partial charge in [-0.3, -0.25) is 9.59 Å². The molecule has 0 bridgehead atoms. The highest BCUT2D eigenvalue weighted by atomic mass is 32.1. The molecule has 4 rings (SSSR count). The molecular formula is C20H14N4O2S. The van der Waals surface area contributed by atoms with Gasteiger partial charge in [-0.1, -0.05) is 24.8 Å². The van der Waals surface area contributed by atoms with Gasteiger partial charge in [-0.05, 0) is 35.7 Å². The van der Waals surface area contributed by atoms with E-state index in [9.17, 15) is 9.59 Å². The van der Waals surface area contributed by atoms with Crippen LogP contribution in [0.4, 0.5) is 5.69 Å². The Bertz CT molecular complexity index is 1160. The molecule has 132 valence electrons. The van der Waals surface area contributed by atoms with Crippen LogP contribution in [0.15, 0.2) is 72.9 Å². The molecule has 7 heteroatoms. The van der Waals surface area contributed by atoms with Crippen LogP contribution in [0.25, 0.3) is 16.9 Å². The zero-order chi connectivity index (χ0) is 18.8. The Morgan fingerprint density at radius 2 is 2.07 bits per heavy atom. The van der Waals surface area contributed by atoms with Crippen molar-refractivity contribution >= 4 is 34.4 Å². The van der Waals surface area contributed by atoms with E-state index in [-0.39, 0.29) is 11.7 Å². The van der Waals surface area contributed by atoms with E-state index in [1.807, 2.05) is 35.7 Å². The van der Waals surface area contributed by atoms with Gasteiger partial charge in [0.1, 0.15) is 0 Å². The van der Waals surface area contributed by atoms with Crippen LogP contribution in [0.3, 0.4) is 0 Å². The molecule has 0 unspecified atom stereocenters. The van der Waals surface area contributed by atoms with Crippen LogP contribution in [0.5, 0.6) is 0 Å². The summed E-state index contributed by atoms with van der Waals surface area (Å²) in [5.74, 6) is -0.383. The number of carbonyl (C=O) groups is 2. The van der Waals surface area contributed by atoms with Crippen molar-refractivity contribution in [1.82, 2.24) is 14.6 Å². The van der Waals surface area contributed by atoms with Gasteiger partial charge in [0, 0.05) is 17.4 Å². The first-order chi connectivity index (χ1) is 13.2. The third-order valence-corrected chi connectivity index (χ3v) is 4.87. The molecule has 0 saturated carbocycles. The maximum atomic E-state index is 12.7. The molecule has 0 atom stereocenters. The van der Waals surface area contributed by atoms with Crippen LogP contribution in [-0.4, -0.2) is 26.3 Å². The zero-order valence-electron chi connectivity index (χ0n) is 14.1. The number of nitrogens with zero attached hydrogens (tertiary/aromatic N) is 3. The summed E-state index contributed by atoms with van der Waals surface area (Å²) < 4.78 is 1.63. The quantitative estimate of drug-likeness (QED) is 0.426. The van der Waals surface area contributed by atoms with Gasteiger partial charge >= 0.3 is 0 Å². The predicted molar refractivity (Wildman–Crippen MR) is 105 cm³/mol. The minimum atomic E-state index is -0.282. The van der Waals surface area contributed by atoms with Crippen molar-refractivity contribution in [3.8, 4) is 11.3 Å². The number of fused-ring (bicyclic) bond motifs is 1. The minimum absolute atomic E-state index is 0.100. The lowest BCUT2D eigenvalue weighted by Gasteiger charge is -2.08. The molecule has 0 aliphatic heterocycles. The van der Waals surface area contributed by atoms with Crippen LogP contribution in [-0.2, 0) is 4.79 Å². The van der Waals surface area contributed by atoms with Gasteiger partial charge in [-0.2, -0.15) is 5.10 Å². The average molecular weight is 374 g/mol. The van der Waals surface area contributed by atoms with Gasteiger partial charge in [-0.15, -0.1) is 11.3 Å². The summed E-state index contributed by atoms with van der Waals surface area (Å²) in [6.07, 6.45) is 4.40. The maximum Gasteiger partial charge on any atom is 0.247 e. The fourth-order valence-corrected chi connectivity index (χ4v) is 3.44. The predicted octanol–water partition coefficient (Wildman–Crippen LogP) is 3.81. The SMILES string of the molecule is C=CC(=O)Nc1cccc(-c2ccnc3c(C(=O)c4cccs4)cnn23)c1. The lowest BCUT2D eigenvalue weighted by Crippen LogP contribution is -2.07. The molecule has 0 saturated heterocycles. The number of anilines is 1. The Kier molecular flexibility index (Phi) is 4.35. The third kappa shape index (κ3) is 3.16. The van der Waals surface area contributed by atoms with Crippen molar-refractivity contribution in [2.24, 2.45) is 0 Å². The molecule has 3 aromatic heterocycles. The second-order valence-corrected chi connectivity index (χ2v) is 6.65. The Balaban J connectivity index is 1.78. The van der Waals surface area contributed by atoms with Gasteiger partial charge in [0.2, 0.25) is 11.7 Å². The minimum Gasteiger partial charge on any atom is -0.323 e. The summed E-state index contributed by atoms with van der Waals surface area (Å²) in [4.78, 5) is 29.2. The van der Waals surface area contributed by atoms with E-state index in [1.165, 1.54) is 23.6 Å². The van der Waals surface area contributed by atoms with Crippen molar-refractivity contribution in [2.45, 2.75) is 0 Å². The summed E-state index contributed by atoms with van der Waals surface area (Å²) in [5.41, 5.74) is 3.19. The average Bonchev–Trinajstić information content (AvgIpc) is 3.37. The van der Waals surface area contributed by atoms with Crippen molar-refractivity contribution < 1.29 is 9.59 Å². The number of benzene rings is 1. The highest BCUT2D eigenvalue weighted by molar-refractivity contribution is 7.12. The van der Waals surface area contributed by atoms with Crippen LogP contribution < -0.4 is 5.32 Å². The largest absolute Gasteiger partial charge is 0.323 e. The first-order valence-corrected chi connectivity index (χ1v) is 9.00. The Labute approximate surface area is 158 Å². The van der Waals surface area contributed by atoms with E-state index in [0.717, 1.165) is 11.3 Å². The number of nitrogens with one attached hydrogen (secondary N) is 1. The molecule has 0 aliphatic carbocycles. The van der Waals surface area contributed by atoms with Crippen LogP contribution in [0, 0.1) is 0 Å². The van der Waals surface area contributed by atoms with Crippen LogP contribution in [0.2, 0.25) is 0 Å². The third-order valence-electron chi connectivity index (χ3n) is 4.00. The van der Waals surface area contributed by atoms with Crippen molar-refractivity contribution in [1.29, 1.82) is 0 Å². The second-order valence-electron chi connectivity index (χ2n) is 5.70. The fraction of sp³-hybridized carbons (Fsp3) is 0.